The third-order valence-corrected chi connectivity index (χ3v) is 12.2. The van der Waals surface area contributed by atoms with Crippen LogP contribution in [-0.2, 0) is 23.3 Å². The third kappa shape index (κ3) is 10.3. The van der Waals surface area contributed by atoms with Gasteiger partial charge in [0.15, 0.2) is 0 Å². The Morgan fingerprint density at radius 3 is 1.26 bits per heavy atom. The van der Waals surface area contributed by atoms with E-state index in [-0.39, 0.29) is 48.1 Å². The molecule has 7 rings (SSSR count). The molecule has 2 aliphatic carbocycles. The van der Waals surface area contributed by atoms with Gasteiger partial charge in [-0.15, -0.1) is 58.7 Å². The zero-order valence-electron chi connectivity index (χ0n) is 25.5. The van der Waals surface area contributed by atoms with E-state index in [0.29, 0.717) is 11.3 Å². The average molecular weight is 737 g/mol. The maximum atomic E-state index is 3.45. The van der Waals surface area contributed by atoms with Gasteiger partial charge in [0.25, 0.3) is 0 Å². The molecule has 43 heavy (non-hydrogen) atoms. The largest absolute Gasteiger partial charge is 0.184 e. The third-order valence-electron chi connectivity index (χ3n) is 6.75. The SMILES string of the molecule is CC1=[C-]C2=CC(C)P(c3ccccc3)C2=C1.CC1=[C-]C2=CC(C)P(c3ccccc3)C2=C1.Cl.Cl.[CH3-].[SiH2]=[Zr].[c-]1ccccc1. The molecular formula is C37H40Cl2P2SiZr-4. The fraction of sp³-hybridized carbons (Fsp3) is 0.162. The average Bonchev–Trinajstić information content (AvgIpc) is 3.69. The Labute approximate surface area is 292 Å². The van der Waals surface area contributed by atoms with Gasteiger partial charge in [0, 0.05) is 0 Å². The van der Waals surface area contributed by atoms with Gasteiger partial charge < -0.3 is 7.43 Å². The van der Waals surface area contributed by atoms with E-state index in [2.05, 4.69) is 131 Å². The summed E-state index contributed by atoms with van der Waals surface area (Å²) < 4.78 is 0. The molecule has 4 atom stereocenters. The van der Waals surface area contributed by atoms with Crippen LogP contribution in [0.2, 0.25) is 0 Å². The molecule has 2 heterocycles. The van der Waals surface area contributed by atoms with Crippen molar-refractivity contribution in [1.29, 1.82) is 0 Å². The van der Waals surface area contributed by atoms with Crippen molar-refractivity contribution in [2.75, 3.05) is 0 Å². The molecule has 0 nitrogen and oxygen atoms in total. The number of allylic oxidation sites excluding steroid dienone is 12. The molecule has 0 fully saturated rings. The number of halogens is 2. The monoisotopic (exact) mass is 734 g/mol. The maximum Gasteiger partial charge on any atom is -0.171 e. The second-order valence-corrected chi connectivity index (χ2v) is 14.9. The summed E-state index contributed by atoms with van der Waals surface area (Å²) in [5.74, 6) is 0. The molecular weight excluding hydrogens is 697 g/mol. The second-order valence-electron chi connectivity index (χ2n) is 9.81. The van der Waals surface area contributed by atoms with E-state index in [1.54, 1.807) is 23.3 Å². The summed E-state index contributed by atoms with van der Waals surface area (Å²) >= 11 is 1.58. The zero-order valence-corrected chi connectivity index (χ0v) is 32.8. The number of rotatable bonds is 2. The van der Waals surface area contributed by atoms with E-state index in [0.717, 1.165) is 0 Å². The van der Waals surface area contributed by atoms with Crippen LogP contribution in [0.3, 0.4) is 0 Å². The van der Waals surface area contributed by atoms with Crippen LogP contribution in [0.15, 0.2) is 148 Å². The topological polar surface area (TPSA) is 0 Å². The van der Waals surface area contributed by atoms with Crippen molar-refractivity contribution in [3.05, 3.63) is 174 Å². The van der Waals surface area contributed by atoms with E-state index in [4.69, 9.17) is 0 Å². The van der Waals surface area contributed by atoms with Gasteiger partial charge in [0.1, 0.15) is 0 Å². The Hall–Kier alpha value is -1.36. The molecule has 3 aromatic carbocycles. The van der Waals surface area contributed by atoms with Gasteiger partial charge in [0.05, 0.1) is 0 Å². The smallest absolute Gasteiger partial charge is 0.171 e. The van der Waals surface area contributed by atoms with E-state index in [9.17, 15) is 0 Å². The van der Waals surface area contributed by atoms with Crippen molar-refractivity contribution in [2.45, 2.75) is 39.0 Å². The summed E-state index contributed by atoms with van der Waals surface area (Å²) in [5, 5.41) is 6.01. The van der Waals surface area contributed by atoms with Crippen LogP contribution < -0.4 is 10.6 Å². The molecule has 0 saturated heterocycles. The van der Waals surface area contributed by atoms with Crippen LogP contribution in [0, 0.1) is 25.6 Å². The van der Waals surface area contributed by atoms with Gasteiger partial charge >= 0.3 is 30.2 Å². The fourth-order valence-electron chi connectivity index (χ4n) is 5.18. The molecule has 4 unspecified atom stereocenters. The first-order chi connectivity index (χ1) is 19.5. The van der Waals surface area contributed by atoms with Gasteiger partial charge in [-0.05, 0) is 21.9 Å². The fourth-order valence-corrected chi connectivity index (χ4v) is 10.6. The molecule has 0 bridgehead atoms. The van der Waals surface area contributed by atoms with E-state index in [1.165, 1.54) is 43.5 Å². The molecule has 2 aliphatic heterocycles. The van der Waals surface area contributed by atoms with Crippen LogP contribution in [0.25, 0.3) is 0 Å². The Morgan fingerprint density at radius 2 is 0.953 bits per heavy atom. The maximum absolute atomic E-state index is 3.45. The molecule has 0 spiro atoms. The molecule has 0 aromatic heterocycles. The Bertz CT molecular complexity index is 1350. The molecule has 224 valence electrons. The van der Waals surface area contributed by atoms with Crippen molar-refractivity contribution in [3.63, 3.8) is 0 Å². The van der Waals surface area contributed by atoms with Gasteiger partial charge in [-0.2, -0.15) is 71.8 Å². The first-order valence-corrected chi connectivity index (χ1v) is 22.3. The summed E-state index contributed by atoms with van der Waals surface area (Å²) in [7, 11) is -0.367. The first kappa shape index (κ1) is 39.7. The van der Waals surface area contributed by atoms with Crippen molar-refractivity contribution in [3.8, 4) is 0 Å². The van der Waals surface area contributed by atoms with Crippen molar-refractivity contribution >= 4 is 58.1 Å². The van der Waals surface area contributed by atoms with Crippen LogP contribution in [-0.4, -0.2) is 18.2 Å². The summed E-state index contributed by atoms with van der Waals surface area (Å²) in [6.07, 6.45) is 16.3. The molecule has 3 aromatic rings. The predicted molar refractivity (Wildman–Crippen MR) is 197 cm³/mol. The summed E-state index contributed by atoms with van der Waals surface area (Å²) in [6.45, 7) is 10.9. The van der Waals surface area contributed by atoms with E-state index >= 15 is 0 Å². The Morgan fingerprint density at radius 1 is 0.605 bits per heavy atom. The summed E-state index contributed by atoms with van der Waals surface area (Å²) in [5.41, 5.74) is 6.55. The van der Waals surface area contributed by atoms with Crippen LogP contribution in [0.1, 0.15) is 27.7 Å². The zero-order chi connectivity index (χ0) is 28.5. The van der Waals surface area contributed by atoms with Crippen molar-refractivity contribution in [2.24, 2.45) is 0 Å². The molecule has 4 aliphatic rings. The molecule has 0 radical (unpaired) electrons. The number of hydrogen-bond acceptors (Lipinski definition) is 0. The summed E-state index contributed by atoms with van der Waals surface area (Å²) in [4.78, 5) is 0. The van der Waals surface area contributed by atoms with Crippen molar-refractivity contribution in [1.82, 2.24) is 0 Å². The number of fused-ring (bicyclic) bond motifs is 2. The Kier molecular flexibility index (Phi) is 18.4. The molecule has 0 N–H and O–H groups in total. The quantitative estimate of drug-likeness (QED) is 0.140. The van der Waals surface area contributed by atoms with Crippen LogP contribution in [0.4, 0.5) is 0 Å². The van der Waals surface area contributed by atoms with Gasteiger partial charge in [-0.1, -0.05) is 104 Å². The van der Waals surface area contributed by atoms with E-state index in [1.807, 2.05) is 37.2 Å². The minimum absolute atomic E-state index is 0. The normalized spacial score (nSPS) is 21.5. The van der Waals surface area contributed by atoms with Gasteiger partial charge in [-0.25, -0.2) is 0 Å². The van der Waals surface area contributed by atoms with Gasteiger partial charge in [0.2, 0.25) is 0 Å². The van der Waals surface area contributed by atoms with E-state index < -0.39 is 0 Å². The number of hydrogen-bond donors (Lipinski definition) is 0. The summed E-state index contributed by atoms with van der Waals surface area (Å²) in [6, 6.07) is 34.3. The second kappa shape index (κ2) is 19.9. The molecule has 0 saturated carbocycles. The van der Waals surface area contributed by atoms with Gasteiger partial charge in [-0.3, -0.25) is 0 Å². The molecule has 6 heteroatoms. The Balaban J connectivity index is 0.000000327. The first-order valence-electron chi connectivity index (χ1n) is 13.5. The van der Waals surface area contributed by atoms with Crippen LogP contribution >= 0.6 is 40.7 Å². The molecule has 0 amide bonds. The standard InChI is InChI=1S/2C15H14P.C6H5.CH3.2ClH.H2Si.Zr/c2*1-11-8-13-10-12(2)16(15(13)9-11)14-6-4-3-5-7-14;1-2-4-6-5-3-1;;;;;/h2*3-7,9-10,12H,1-2H3;1-5H;1H3;2*1H;1H2;/q4*-1;;;;. The number of benzene rings is 3. The van der Waals surface area contributed by atoms with Crippen LogP contribution in [0.5, 0.6) is 0 Å². The van der Waals surface area contributed by atoms with Crippen molar-refractivity contribution < 1.29 is 23.3 Å². The minimum atomic E-state index is -0.183. The predicted octanol–water partition coefficient (Wildman–Crippen LogP) is 9.40. The minimum Gasteiger partial charge on any atom is -0.184 e.